The Morgan fingerprint density at radius 2 is 1.81 bits per heavy atom. The summed E-state index contributed by atoms with van der Waals surface area (Å²) in [6.45, 7) is 4.13. The summed E-state index contributed by atoms with van der Waals surface area (Å²) >= 11 is 0. The van der Waals surface area contributed by atoms with Gasteiger partial charge in [-0.3, -0.25) is 4.79 Å². The molecule has 122 valence electrons. The van der Waals surface area contributed by atoms with Gasteiger partial charge in [-0.2, -0.15) is 4.31 Å². The van der Waals surface area contributed by atoms with Crippen LogP contribution in [-0.2, 0) is 19.6 Å². The molecule has 0 aromatic carbocycles. The van der Waals surface area contributed by atoms with Crippen molar-refractivity contribution in [2.24, 2.45) is 0 Å². The van der Waals surface area contributed by atoms with Gasteiger partial charge in [0.2, 0.25) is 15.9 Å². The molecule has 2 saturated heterocycles. The minimum absolute atomic E-state index is 0.0529. The van der Waals surface area contributed by atoms with Crippen LogP contribution >= 0.6 is 0 Å². The molecule has 21 heavy (non-hydrogen) atoms. The molecule has 8 heteroatoms. The standard InChI is InChI=1S/C13H25N3O4S/c1-21(18,19)16-9-7-15(8-10-16)13(17)4-11-20-12-2-5-14-6-3-12/h12,14H,2-11H2,1H3. The van der Waals surface area contributed by atoms with Gasteiger partial charge >= 0.3 is 0 Å². The summed E-state index contributed by atoms with van der Waals surface area (Å²) in [6.07, 6.45) is 3.85. The smallest absolute Gasteiger partial charge is 0.224 e. The highest BCUT2D eigenvalue weighted by atomic mass is 32.2. The topological polar surface area (TPSA) is 79.0 Å². The van der Waals surface area contributed by atoms with E-state index in [1.165, 1.54) is 10.6 Å². The largest absolute Gasteiger partial charge is 0.378 e. The third-order valence-electron chi connectivity index (χ3n) is 4.02. The van der Waals surface area contributed by atoms with Gasteiger partial charge in [0.15, 0.2) is 0 Å². The fourth-order valence-electron chi connectivity index (χ4n) is 2.70. The fourth-order valence-corrected chi connectivity index (χ4v) is 3.53. The van der Waals surface area contributed by atoms with Crippen molar-refractivity contribution in [1.29, 1.82) is 0 Å². The molecule has 0 spiro atoms. The number of ether oxygens (including phenoxy) is 1. The molecular weight excluding hydrogens is 294 g/mol. The van der Waals surface area contributed by atoms with Gasteiger partial charge in [0.25, 0.3) is 0 Å². The van der Waals surface area contributed by atoms with Crippen LogP contribution in [0.5, 0.6) is 0 Å². The summed E-state index contributed by atoms with van der Waals surface area (Å²) in [5.74, 6) is 0.0529. The van der Waals surface area contributed by atoms with Crippen LogP contribution in [-0.4, -0.2) is 81.8 Å². The van der Waals surface area contributed by atoms with Gasteiger partial charge in [-0.25, -0.2) is 8.42 Å². The Bertz CT molecular complexity index is 440. The second kappa shape index (κ2) is 7.53. The van der Waals surface area contributed by atoms with Crippen molar-refractivity contribution in [2.45, 2.75) is 25.4 Å². The second-order valence-electron chi connectivity index (χ2n) is 5.61. The van der Waals surface area contributed by atoms with E-state index in [2.05, 4.69) is 5.32 Å². The number of nitrogens with one attached hydrogen (secondary N) is 1. The molecule has 2 rings (SSSR count). The van der Waals surface area contributed by atoms with Gasteiger partial charge in [-0.05, 0) is 25.9 Å². The zero-order valence-corrected chi connectivity index (χ0v) is 13.4. The Morgan fingerprint density at radius 1 is 1.19 bits per heavy atom. The third-order valence-corrected chi connectivity index (χ3v) is 5.32. The van der Waals surface area contributed by atoms with E-state index in [9.17, 15) is 13.2 Å². The second-order valence-corrected chi connectivity index (χ2v) is 7.60. The lowest BCUT2D eigenvalue weighted by molar-refractivity contribution is -0.134. The Hall–Kier alpha value is -0.700. The average molecular weight is 319 g/mol. The number of hydrogen-bond donors (Lipinski definition) is 1. The van der Waals surface area contributed by atoms with Gasteiger partial charge in [0.05, 0.1) is 25.4 Å². The van der Waals surface area contributed by atoms with Crippen molar-refractivity contribution in [3.63, 3.8) is 0 Å². The molecule has 0 atom stereocenters. The zero-order valence-electron chi connectivity index (χ0n) is 12.6. The number of carbonyl (C=O) groups is 1. The van der Waals surface area contributed by atoms with Crippen LogP contribution in [0.15, 0.2) is 0 Å². The van der Waals surface area contributed by atoms with E-state index in [1.807, 2.05) is 0 Å². The first-order valence-corrected chi connectivity index (χ1v) is 9.37. The minimum Gasteiger partial charge on any atom is -0.378 e. The Labute approximate surface area is 126 Å². The van der Waals surface area contributed by atoms with Crippen molar-refractivity contribution in [2.75, 3.05) is 52.1 Å². The van der Waals surface area contributed by atoms with Gasteiger partial charge in [-0.1, -0.05) is 0 Å². The fraction of sp³-hybridized carbons (Fsp3) is 0.923. The number of sulfonamides is 1. The molecule has 0 aromatic heterocycles. The van der Waals surface area contributed by atoms with Crippen LogP contribution in [0.25, 0.3) is 0 Å². The number of amides is 1. The van der Waals surface area contributed by atoms with Crippen molar-refractivity contribution >= 4 is 15.9 Å². The van der Waals surface area contributed by atoms with Crippen molar-refractivity contribution < 1.29 is 17.9 Å². The number of nitrogens with zero attached hydrogens (tertiary/aromatic N) is 2. The quantitative estimate of drug-likeness (QED) is 0.721. The van der Waals surface area contributed by atoms with Crippen molar-refractivity contribution in [3.8, 4) is 0 Å². The highest BCUT2D eigenvalue weighted by Gasteiger charge is 2.25. The van der Waals surface area contributed by atoms with E-state index in [4.69, 9.17) is 4.74 Å². The van der Waals surface area contributed by atoms with E-state index >= 15 is 0 Å². The Morgan fingerprint density at radius 3 is 2.38 bits per heavy atom. The van der Waals surface area contributed by atoms with E-state index < -0.39 is 10.0 Å². The lowest BCUT2D eigenvalue weighted by Gasteiger charge is -2.33. The van der Waals surface area contributed by atoms with Crippen LogP contribution in [0.2, 0.25) is 0 Å². The maximum absolute atomic E-state index is 12.1. The molecule has 2 heterocycles. The highest BCUT2D eigenvalue weighted by Crippen LogP contribution is 2.10. The summed E-state index contributed by atoms with van der Waals surface area (Å²) in [6, 6.07) is 0. The van der Waals surface area contributed by atoms with Crippen LogP contribution in [0.3, 0.4) is 0 Å². The molecule has 0 bridgehead atoms. The molecule has 2 aliphatic heterocycles. The van der Waals surface area contributed by atoms with Crippen LogP contribution in [0.1, 0.15) is 19.3 Å². The molecular formula is C13H25N3O4S. The Balaban J connectivity index is 1.65. The first kappa shape index (κ1) is 16.7. The van der Waals surface area contributed by atoms with Crippen LogP contribution < -0.4 is 5.32 Å². The van der Waals surface area contributed by atoms with Crippen molar-refractivity contribution in [1.82, 2.24) is 14.5 Å². The molecule has 0 saturated carbocycles. The van der Waals surface area contributed by atoms with Gasteiger partial charge < -0.3 is 15.0 Å². The molecule has 1 N–H and O–H groups in total. The molecule has 0 unspecified atom stereocenters. The van der Waals surface area contributed by atoms with E-state index in [1.54, 1.807) is 4.90 Å². The zero-order chi connectivity index (χ0) is 15.3. The molecule has 0 radical (unpaired) electrons. The lowest BCUT2D eigenvalue weighted by atomic mass is 10.1. The predicted molar refractivity (Wildman–Crippen MR) is 79.5 cm³/mol. The number of piperidine rings is 1. The summed E-state index contributed by atoms with van der Waals surface area (Å²) in [4.78, 5) is 13.8. The van der Waals surface area contributed by atoms with Gasteiger partial charge in [0.1, 0.15) is 0 Å². The number of rotatable bonds is 5. The summed E-state index contributed by atoms with van der Waals surface area (Å²) < 4.78 is 30.0. The molecule has 1 amide bonds. The Kier molecular flexibility index (Phi) is 5.98. The number of piperazine rings is 1. The molecule has 0 aromatic rings. The summed E-state index contributed by atoms with van der Waals surface area (Å²) in [5.41, 5.74) is 0. The molecule has 7 nitrogen and oxygen atoms in total. The number of hydrogen-bond acceptors (Lipinski definition) is 5. The molecule has 0 aliphatic carbocycles. The first-order valence-electron chi connectivity index (χ1n) is 7.52. The highest BCUT2D eigenvalue weighted by molar-refractivity contribution is 7.88. The van der Waals surface area contributed by atoms with E-state index in [0.717, 1.165) is 25.9 Å². The number of carbonyl (C=O) groups excluding carboxylic acids is 1. The summed E-state index contributed by atoms with van der Waals surface area (Å²) in [7, 11) is -3.14. The molecule has 2 aliphatic rings. The van der Waals surface area contributed by atoms with Gasteiger partial charge in [0, 0.05) is 26.2 Å². The summed E-state index contributed by atoms with van der Waals surface area (Å²) in [5, 5.41) is 3.27. The average Bonchev–Trinajstić information content (AvgIpc) is 2.47. The maximum Gasteiger partial charge on any atom is 0.224 e. The van der Waals surface area contributed by atoms with E-state index in [-0.39, 0.29) is 12.0 Å². The minimum atomic E-state index is -3.14. The van der Waals surface area contributed by atoms with Crippen LogP contribution in [0.4, 0.5) is 0 Å². The predicted octanol–water partition coefficient (Wildman–Crippen LogP) is -0.751. The lowest BCUT2D eigenvalue weighted by Crippen LogP contribution is -2.50. The van der Waals surface area contributed by atoms with E-state index in [0.29, 0.717) is 39.2 Å². The maximum atomic E-state index is 12.1. The van der Waals surface area contributed by atoms with Crippen molar-refractivity contribution in [3.05, 3.63) is 0 Å². The normalized spacial score (nSPS) is 22.4. The monoisotopic (exact) mass is 319 g/mol. The molecule has 2 fully saturated rings. The third kappa shape index (κ3) is 5.21. The first-order chi connectivity index (χ1) is 9.97. The van der Waals surface area contributed by atoms with Crippen LogP contribution in [0, 0.1) is 0 Å². The SMILES string of the molecule is CS(=O)(=O)N1CCN(C(=O)CCOC2CCNCC2)CC1. The van der Waals surface area contributed by atoms with Gasteiger partial charge in [-0.15, -0.1) is 0 Å².